The van der Waals surface area contributed by atoms with E-state index in [1.54, 1.807) is 14.2 Å². The van der Waals surface area contributed by atoms with Gasteiger partial charge in [0.1, 0.15) is 23.9 Å². The monoisotopic (exact) mass is 514 g/mol. The van der Waals surface area contributed by atoms with E-state index >= 15 is 0 Å². The summed E-state index contributed by atoms with van der Waals surface area (Å²) in [4.78, 5) is 4.90. The zero-order valence-corrected chi connectivity index (χ0v) is 23.2. The van der Waals surface area contributed by atoms with Gasteiger partial charge in [-0.15, -0.1) is 0 Å². The number of methoxy groups -OCH3 is 2. The predicted molar refractivity (Wildman–Crippen MR) is 155 cm³/mol. The van der Waals surface area contributed by atoms with Gasteiger partial charge in [0.25, 0.3) is 0 Å². The van der Waals surface area contributed by atoms with E-state index in [0.29, 0.717) is 5.92 Å². The molecule has 1 heterocycles. The second kappa shape index (κ2) is 12.6. The second-order valence-electron chi connectivity index (χ2n) is 10.8. The molecule has 1 saturated heterocycles. The Morgan fingerprint density at radius 1 is 0.789 bits per heavy atom. The van der Waals surface area contributed by atoms with E-state index in [1.807, 2.05) is 0 Å². The molecule has 1 fully saturated rings. The second-order valence-corrected chi connectivity index (χ2v) is 10.8. The molecular weight excluding hydrogens is 472 g/mol. The van der Waals surface area contributed by atoms with Gasteiger partial charge in [-0.3, -0.25) is 4.90 Å². The average molecular weight is 515 g/mol. The van der Waals surface area contributed by atoms with Crippen LogP contribution in [0.4, 0.5) is 5.69 Å². The third kappa shape index (κ3) is 6.44. The number of anilines is 1. The molecule has 3 aromatic rings. The van der Waals surface area contributed by atoms with Crippen LogP contribution in [0.5, 0.6) is 17.2 Å². The number of hydrogen-bond acceptors (Lipinski definition) is 5. The van der Waals surface area contributed by atoms with E-state index < -0.39 is 0 Å². The highest BCUT2D eigenvalue weighted by Gasteiger charge is 2.27. The highest BCUT2D eigenvalue weighted by molar-refractivity contribution is 5.63. The first kappa shape index (κ1) is 26.4. The summed E-state index contributed by atoms with van der Waals surface area (Å²) in [6.07, 6.45) is 7.45. The molecule has 3 aromatic carbocycles. The zero-order valence-electron chi connectivity index (χ0n) is 23.2. The van der Waals surface area contributed by atoms with Crippen molar-refractivity contribution in [3.63, 3.8) is 0 Å². The normalized spacial score (nSPS) is 17.5. The maximum Gasteiger partial charge on any atom is 0.121 e. The first-order valence-electron chi connectivity index (χ1n) is 14.1. The van der Waals surface area contributed by atoms with Gasteiger partial charge in [-0.05, 0) is 97.3 Å². The van der Waals surface area contributed by atoms with Gasteiger partial charge in [0, 0.05) is 31.9 Å². The van der Waals surface area contributed by atoms with E-state index in [1.165, 1.54) is 66.7 Å². The first-order valence-corrected chi connectivity index (χ1v) is 14.1. The van der Waals surface area contributed by atoms with E-state index in [-0.39, 0.29) is 0 Å². The van der Waals surface area contributed by atoms with Gasteiger partial charge >= 0.3 is 0 Å². The van der Waals surface area contributed by atoms with E-state index in [0.717, 1.165) is 49.8 Å². The lowest BCUT2D eigenvalue weighted by Gasteiger charge is -2.24. The van der Waals surface area contributed by atoms with E-state index in [4.69, 9.17) is 14.2 Å². The molecular formula is C33H42N2O3. The minimum absolute atomic E-state index is 0.473. The topological polar surface area (TPSA) is 34.2 Å². The Labute approximate surface area is 228 Å². The Bertz CT molecular complexity index is 1170. The van der Waals surface area contributed by atoms with Crippen molar-refractivity contribution in [1.82, 2.24) is 4.90 Å². The van der Waals surface area contributed by atoms with Crippen LogP contribution in [0.2, 0.25) is 0 Å². The SMILES string of the molecule is COc1ccc(C2Cc3cc(OC)cc(N(C)Cc4ccc(OCCN5CCCCCC5)cc4)c3C2)cc1. The Balaban J connectivity index is 1.22. The lowest BCUT2D eigenvalue weighted by atomic mass is 9.96. The maximum absolute atomic E-state index is 6.07. The molecule has 5 nitrogen and oxygen atoms in total. The predicted octanol–water partition coefficient (Wildman–Crippen LogP) is 6.48. The molecule has 1 aliphatic carbocycles. The number of ether oxygens (including phenoxy) is 3. The molecule has 0 bridgehead atoms. The molecule has 5 heteroatoms. The number of likely N-dealkylation sites (tertiary alicyclic amines) is 1. The molecule has 38 heavy (non-hydrogen) atoms. The Kier molecular flexibility index (Phi) is 8.75. The fraction of sp³-hybridized carbons (Fsp3) is 0.455. The minimum Gasteiger partial charge on any atom is -0.497 e. The lowest BCUT2D eigenvalue weighted by molar-refractivity contribution is 0.214. The van der Waals surface area contributed by atoms with Gasteiger partial charge in [-0.2, -0.15) is 0 Å². The number of nitrogens with zero attached hydrogens (tertiary/aromatic N) is 2. The van der Waals surface area contributed by atoms with E-state index in [9.17, 15) is 0 Å². The van der Waals surface area contributed by atoms with Crippen LogP contribution >= 0.6 is 0 Å². The van der Waals surface area contributed by atoms with Crippen LogP contribution in [0, 0.1) is 0 Å². The van der Waals surface area contributed by atoms with Gasteiger partial charge in [0.15, 0.2) is 0 Å². The van der Waals surface area contributed by atoms with Crippen LogP contribution in [0.1, 0.15) is 53.9 Å². The summed E-state index contributed by atoms with van der Waals surface area (Å²) < 4.78 is 17.1. The van der Waals surface area contributed by atoms with Gasteiger partial charge < -0.3 is 19.1 Å². The highest BCUT2D eigenvalue weighted by Crippen LogP contribution is 2.42. The van der Waals surface area contributed by atoms with Gasteiger partial charge in [0.2, 0.25) is 0 Å². The fourth-order valence-electron chi connectivity index (χ4n) is 5.96. The minimum atomic E-state index is 0.473. The summed E-state index contributed by atoms with van der Waals surface area (Å²) in [7, 11) is 5.65. The van der Waals surface area contributed by atoms with Crippen molar-refractivity contribution < 1.29 is 14.2 Å². The molecule has 0 amide bonds. The summed E-state index contributed by atoms with van der Waals surface area (Å²) in [5.74, 6) is 3.26. The third-order valence-corrected chi connectivity index (χ3v) is 8.16. The molecule has 5 rings (SSSR count). The smallest absolute Gasteiger partial charge is 0.121 e. The van der Waals surface area contributed by atoms with Gasteiger partial charge in [-0.25, -0.2) is 0 Å². The van der Waals surface area contributed by atoms with Crippen LogP contribution in [-0.2, 0) is 19.4 Å². The van der Waals surface area contributed by atoms with Crippen molar-refractivity contribution in [2.45, 2.75) is 51.0 Å². The third-order valence-electron chi connectivity index (χ3n) is 8.16. The molecule has 0 saturated carbocycles. The molecule has 1 unspecified atom stereocenters. The van der Waals surface area contributed by atoms with Crippen LogP contribution in [-0.4, -0.2) is 52.4 Å². The highest BCUT2D eigenvalue weighted by atomic mass is 16.5. The molecule has 0 aromatic heterocycles. The molecule has 0 radical (unpaired) electrons. The lowest BCUT2D eigenvalue weighted by Crippen LogP contribution is -2.29. The molecule has 0 spiro atoms. The van der Waals surface area contributed by atoms with Gasteiger partial charge in [0.05, 0.1) is 14.2 Å². The van der Waals surface area contributed by atoms with Crippen molar-refractivity contribution in [2.24, 2.45) is 0 Å². The van der Waals surface area contributed by atoms with Crippen molar-refractivity contribution >= 4 is 5.69 Å². The maximum atomic E-state index is 6.07. The first-order chi connectivity index (χ1) is 18.6. The fourth-order valence-corrected chi connectivity index (χ4v) is 5.96. The Morgan fingerprint density at radius 2 is 1.47 bits per heavy atom. The zero-order chi connectivity index (χ0) is 26.3. The molecule has 1 aliphatic heterocycles. The molecule has 202 valence electrons. The van der Waals surface area contributed by atoms with E-state index in [2.05, 4.69) is 77.5 Å². The number of rotatable bonds is 10. The van der Waals surface area contributed by atoms with Crippen molar-refractivity contribution in [3.05, 3.63) is 82.9 Å². The average Bonchev–Trinajstić information content (AvgIpc) is 3.21. The van der Waals surface area contributed by atoms with Crippen LogP contribution < -0.4 is 19.1 Å². The van der Waals surface area contributed by atoms with Crippen molar-refractivity contribution in [3.8, 4) is 17.2 Å². The number of benzene rings is 3. The van der Waals surface area contributed by atoms with Crippen LogP contribution in [0.15, 0.2) is 60.7 Å². The summed E-state index contributed by atoms with van der Waals surface area (Å²) in [6, 6.07) is 21.5. The number of fused-ring (bicyclic) bond motifs is 1. The number of hydrogen-bond donors (Lipinski definition) is 0. The Morgan fingerprint density at radius 3 is 2.16 bits per heavy atom. The summed E-state index contributed by atoms with van der Waals surface area (Å²) >= 11 is 0. The summed E-state index contributed by atoms with van der Waals surface area (Å²) in [5.41, 5.74) is 6.71. The van der Waals surface area contributed by atoms with Gasteiger partial charge in [-0.1, -0.05) is 37.1 Å². The Hall–Kier alpha value is -3.18. The summed E-state index contributed by atoms with van der Waals surface area (Å²) in [6.45, 7) is 5.03. The largest absolute Gasteiger partial charge is 0.497 e. The summed E-state index contributed by atoms with van der Waals surface area (Å²) in [5, 5.41) is 0. The molecule has 0 N–H and O–H groups in total. The molecule has 1 atom stereocenters. The van der Waals surface area contributed by atoms with Crippen molar-refractivity contribution in [2.75, 3.05) is 52.4 Å². The quantitative estimate of drug-likeness (QED) is 0.309. The van der Waals surface area contributed by atoms with Crippen LogP contribution in [0.3, 0.4) is 0 Å². The van der Waals surface area contributed by atoms with Crippen LogP contribution in [0.25, 0.3) is 0 Å². The standard InChI is InChI=1S/C33H42N2O3/c1-34(24-25-8-12-30(13-9-25)38-19-18-35-16-6-4-5-7-17-35)33-23-31(37-3)21-28-20-27(22-32(28)33)26-10-14-29(36-2)15-11-26/h8-15,21,23,27H,4-7,16-20,22,24H2,1-3H3. The van der Waals surface area contributed by atoms with Crippen molar-refractivity contribution in [1.29, 1.82) is 0 Å². The molecule has 2 aliphatic rings.